The van der Waals surface area contributed by atoms with Crippen LogP contribution in [-0.2, 0) is 27.1 Å². The second-order valence-corrected chi connectivity index (χ2v) is 8.10. The van der Waals surface area contributed by atoms with Gasteiger partial charge in [-0.2, -0.15) is 0 Å². The molecule has 0 bridgehead atoms. The van der Waals surface area contributed by atoms with Gasteiger partial charge in [0.05, 0.1) is 24.7 Å². The summed E-state index contributed by atoms with van der Waals surface area (Å²) >= 11 is 1.45. The van der Waals surface area contributed by atoms with Gasteiger partial charge in [0, 0.05) is 10.4 Å². The Hall–Kier alpha value is -2.67. The summed E-state index contributed by atoms with van der Waals surface area (Å²) in [4.78, 5) is 38.2. The zero-order chi connectivity index (χ0) is 19.7. The van der Waals surface area contributed by atoms with Crippen molar-refractivity contribution in [1.82, 2.24) is 0 Å². The minimum atomic E-state index is -0.608. The number of fused-ring (bicyclic) bond motifs is 2. The molecular weight excluding hydrogens is 378 g/mol. The van der Waals surface area contributed by atoms with E-state index in [-0.39, 0.29) is 12.3 Å². The fourth-order valence-electron chi connectivity index (χ4n) is 3.87. The molecule has 0 spiro atoms. The lowest BCUT2D eigenvalue weighted by atomic mass is 10.0. The van der Waals surface area contributed by atoms with Gasteiger partial charge in [0.1, 0.15) is 11.1 Å². The van der Waals surface area contributed by atoms with Crippen molar-refractivity contribution >= 4 is 34.2 Å². The number of cyclic esters (lactones) is 1. The number of ether oxygens (including phenoxy) is 2. The van der Waals surface area contributed by atoms with Crippen molar-refractivity contribution < 1.29 is 23.9 Å². The number of hydrogen-bond acceptors (Lipinski definition) is 6. The lowest BCUT2D eigenvalue weighted by Gasteiger charge is -2.11. The summed E-state index contributed by atoms with van der Waals surface area (Å²) in [6.07, 6.45) is 4.37. The Kier molecular flexibility index (Phi) is 5.17. The summed E-state index contributed by atoms with van der Waals surface area (Å²) < 4.78 is 10.3. The standard InChI is InChI=1S/C21H21NO5S/c1-26-21(25)18-14-9-3-2-4-10-16(14)28-19(18)22-17(23)11-15-12-7-5-6-8-13(12)20(24)27-15/h5-8,15H,2-4,9-11H2,1H3,(H,22,23). The SMILES string of the molecule is COC(=O)c1c(NC(=O)CC2OC(=O)c3ccccc32)sc2c1CCCCC2. The number of carbonyl (C=O) groups excluding carboxylic acids is 3. The predicted molar refractivity (Wildman–Crippen MR) is 105 cm³/mol. The zero-order valence-corrected chi connectivity index (χ0v) is 16.4. The summed E-state index contributed by atoms with van der Waals surface area (Å²) in [5.41, 5.74) is 2.69. The first-order valence-corrected chi connectivity index (χ1v) is 10.2. The first kappa shape index (κ1) is 18.7. The largest absolute Gasteiger partial charge is 0.465 e. The molecule has 2 heterocycles. The minimum absolute atomic E-state index is 0.00589. The molecule has 28 heavy (non-hydrogen) atoms. The van der Waals surface area contributed by atoms with E-state index >= 15 is 0 Å². The van der Waals surface area contributed by atoms with E-state index in [0.29, 0.717) is 16.1 Å². The average molecular weight is 399 g/mol. The molecule has 1 amide bonds. The third kappa shape index (κ3) is 3.42. The van der Waals surface area contributed by atoms with Crippen LogP contribution in [-0.4, -0.2) is 25.0 Å². The van der Waals surface area contributed by atoms with E-state index in [9.17, 15) is 14.4 Å². The summed E-state index contributed by atoms with van der Waals surface area (Å²) in [7, 11) is 1.35. The van der Waals surface area contributed by atoms with Crippen LogP contribution in [0.3, 0.4) is 0 Å². The molecule has 1 aliphatic heterocycles. The van der Waals surface area contributed by atoms with E-state index in [1.54, 1.807) is 18.2 Å². The van der Waals surface area contributed by atoms with Crippen LogP contribution in [0.4, 0.5) is 5.00 Å². The van der Waals surface area contributed by atoms with Crippen molar-refractivity contribution in [2.45, 2.75) is 44.6 Å². The summed E-state index contributed by atoms with van der Waals surface area (Å²) in [6.45, 7) is 0. The van der Waals surface area contributed by atoms with E-state index in [1.807, 2.05) is 6.07 Å². The van der Waals surface area contributed by atoms with E-state index in [0.717, 1.165) is 48.1 Å². The monoisotopic (exact) mass is 399 g/mol. The number of carbonyl (C=O) groups is 3. The Bertz CT molecular complexity index is 948. The molecule has 7 heteroatoms. The van der Waals surface area contributed by atoms with E-state index in [2.05, 4.69) is 5.32 Å². The number of methoxy groups -OCH3 is 1. The predicted octanol–water partition coefficient (Wildman–Crippen LogP) is 4.04. The highest BCUT2D eigenvalue weighted by Gasteiger charge is 2.33. The third-order valence-corrected chi connectivity index (χ3v) is 6.42. The Balaban J connectivity index is 1.55. The molecule has 0 saturated heterocycles. The third-order valence-electron chi connectivity index (χ3n) is 5.21. The van der Waals surface area contributed by atoms with Crippen LogP contribution in [0.1, 0.15) is 68.5 Å². The lowest BCUT2D eigenvalue weighted by Crippen LogP contribution is -2.17. The van der Waals surface area contributed by atoms with Crippen molar-refractivity contribution in [2.24, 2.45) is 0 Å². The highest BCUT2D eigenvalue weighted by atomic mass is 32.1. The normalized spacial score (nSPS) is 17.9. The van der Waals surface area contributed by atoms with E-state index in [4.69, 9.17) is 9.47 Å². The summed E-state index contributed by atoms with van der Waals surface area (Å²) in [6, 6.07) is 7.08. The van der Waals surface area contributed by atoms with Gasteiger partial charge in [-0.25, -0.2) is 9.59 Å². The van der Waals surface area contributed by atoms with Gasteiger partial charge >= 0.3 is 11.9 Å². The maximum Gasteiger partial charge on any atom is 0.341 e. The summed E-state index contributed by atoms with van der Waals surface area (Å²) in [5.74, 6) is -1.13. The molecule has 1 aliphatic carbocycles. The van der Waals surface area contributed by atoms with Crippen molar-refractivity contribution in [3.8, 4) is 0 Å². The van der Waals surface area contributed by atoms with Crippen LogP contribution >= 0.6 is 11.3 Å². The number of hydrogen-bond donors (Lipinski definition) is 1. The van der Waals surface area contributed by atoms with Crippen LogP contribution in [0.25, 0.3) is 0 Å². The van der Waals surface area contributed by atoms with Crippen LogP contribution in [0.2, 0.25) is 0 Å². The molecule has 6 nitrogen and oxygen atoms in total. The highest BCUT2D eigenvalue weighted by Crippen LogP contribution is 2.39. The molecule has 0 fully saturated rings. The Morgan fingerprint density at radius 3 is 2.82 bits per heavy atom. The van der Waals surface area contributed by atoms with Gasteiger partial charge in [-0.1, -0.05) is 24.6 Å². The van der Waals surface area contributed by atoms with Gasteiger partial charge < -0.3 is 14.8 Å². The maximum absolute atomic E-state index is 12.7. The number of nitrogens with one attached hydrogen (secondary N) is 1. The maximum atomic E-state index is 12.7. The van der Waals surface area contributed by atoms with Gasteiger partial charge in [-0.3, -0.25) is 4.79 Å². The molecule has 1 N–H and O–H groups in total. The Morgan fingerprint density at radius 1 is 1.21 bits per heavy atom. The van der Waals surface area contributed by atoms with Gasteiger partial charge in [-0.05, 0) is 37.3 Å². The quantitative estimate of drug-likeness (QED) is 0.620. The molecule has 2 aromatic rings. The number of benzene rings is 1. The number of amides is 1. The second-order valence-electron chi connectivity index (χ2n) is 6.99. The Morgan fingerprint density at radius 2 is 2.00 bits per heavy atom. The zero-order valence-electron chi connectivity index (χ0n) is 15.6. The molecule has 1 aromatic heterocycles. The topological polar surface area (TPSA) is 81.7 Å². The molecule has 0 saturated carbocycles. The van der Waals surface area contributed by atoms with Gasteiger partial charge in [-0.15, -0.1) is 11.3 Å². The average Bonchev–Trinajstić information content (AvgIpc) is 3.08. The fourth-order valence-corrected chi connectivity index (χ4v) is 5.16. The number of thiophene rings is 1. The smallest absolute Gasteiger partial charge is 0.341 e. The Labute approximate surface area is 166 Å². The number of aryl methyl sites for hydroxylation is 1. The molecule has 0 radical (unpaired) electrons. The molecule has 2 aliphatic rings. The van der Waals surface area contributed by atoms with Crippen molar-refractivity contribution in [2.75, 3.05) is 12.4 Å². The van der Waals surface area contributed by atoms with Gasteiger partial charge in [0.2, 0.25) is 5.91 Å². The minimum Gasteiger partial charge on any atom is -0.465 e. The van der Waals surface area contributed by atoms with E-state index < -0.39 is 18.0 Å². The first-order valence-electron chi connectivity index (χ1n) is 9.41. The first-order chi connectivity index (χ1) is 13.6. The number of esters is 2. The molecular formula is C21H21NO5S. The molecule has 4 rings (SSSR count). The highest BCUT2D eigenvalue weighted by molar-refractivity contribution is 7.17. The van der Waals surface area contributed by atoms with Crippen molar-refractivity contribution in [1.29, 1.82) is 0 Å². The molecule has 1 aromatic carbocycles. The fraction of sp³-hybridized carbons (Fsp3) is 0.381. The van der Waals surface area contributed by atoms with Crippen LogP contribution in [0.15, 0.2) is 24.3 Å². The van der Waals surface area contributed by atoms with Gasteiger partial charge in [0.15, 0.2) is 0 Å². The number of rotatable bonds is 4. The lowest BCUT2D eigenvalue weighted by molar-refractivity contribution is -0.118. The van der Waals surface area contributed by atoms with Crippen molar-refractivity contribution in [3.63, 3.8) is 0 Å². The number of anilines is 1. The van der Waals surface area contributed by atoms with Crippen LogP contribution in [0.5, 0.6) is 0 Å². The summed E-state index contributed by atoms with van der Waals surface area (Å²) in [5, 5.41) is 3.39. The van der Waals surface area contributed by atoms with Crippen molar-refractivity contribution in [3.05, 3.63) is 51.4 Å². The van der Waals surface area contributed by atoms with E-state index in [1.165, 1.54) is 18.4 Å². The molecule has 1 atom stereocenters. The van der Waals surface area contributed by atoms with Gasteiger partial charge in [0.25, 0.3) is 0 Å². The molecule has 1 unspecified atom stereocenters. The van der Waals surface area contributed by atoms with Crippen LogP contribution in [0, 0.1) is 0 Å². The van der Waals surface area contributed by atoms with Crippen LogP contribution < -0.4 is 5.32 Å². The second kappa shape index (κ2) is 7.75. The molecule has 146 valence electrons.